The lowest BCUT2D eigenvalue weighted by Crippen LogP contribution is -2.37. The Bertz CT molecular complexity index is 290. The second kappa shape index (κ2) is 4.02. The first-order valence-electron chi connectivity index (χ1n) is 6.17. The van der Waals surface area contributed by atoms with E-state index < -0.39 is 0 Å². The molecule has 0 aromatic rings. The fraction of sp³-hybridized carbons (Fsp3) is 0.923. The summed E-state index contributed by atoms with van der Waals surface area (Å²) >= 11 is 1.83. The lowest BCUT2D eigenvalue weighted by atomic mass is 9.82. The molecule has 0 aromatic carbocycles. The molecular weight excluding hydrogens is 220 g/mol. The highest BCUT2D eigenvalue weighted by Crippen LogP contribution is 2.44. The smallest absolute Gasteiger partial charge is 0.151 e. The highest BCUT2D eigenvalue weighted by molar-refractivity contribution is 8.00. The molecule has 2 heterocycles. The summed E-state index contributed by atoms with van der Waals surface area (Å²) < 4.78 is 6.00. The molecule has 0 bridgehead atoms. The molecule has 0 aliphatic carbocycles. The van der Waals surface area contributed by atoms with Crippen LogP contribution in [-0.4, -0.2) is 28.0 Å². The fourth-order valence-corrected chi connectivity index (χ4v) is 4.31. The standard InChI is InChI=1S/C13H22O2S/c1-12(2)8-9(13(3,4)15-12)11(14)10-6-5-7-16-10/h9-10H,5-8H2,1-4H3. The topological polar surface area (TPSA) is 26.3 Å². The van der Waals surface area contributed by atoms with E-state index in [1.54, 1.807) is 0 Å². The predicted molar refractivity (Wildman–Crippen MR) is 67.8 cm³/mol. The van der Waals surface area contributed by atoms with E-state index in [1.807, 2.05) is 11.8 Å². The van der Waals surface area contributed by atoms with Crippen molar-refractivity contribution in [1.82, 2.24) is 0 Å². The normalized spacial score (nSPS) is 36.5. The number of ether oxygens (including phenoxy) is 1. The van der Waals surface area contributed by atoms with Crippen molar-refractivity contribution in [3.05, 3.63) is 0 Å². The summed E-state index contributed by atoms with van der Waals surface area (Å²) in [6.45, 7) is 8.29. The van der Waals surface area contributed by atoms with Gasteiger partial charge < -0.3 is 4.74 Å². The monoisotopic (exact) mass is 242 g/mol. The minimum Gasteiger partial charge on any atom is -0.369 e. The molecule has 2 rings (SSSR count). The van der Waals surface area contributed by atoms with Crippen LogP contribution < -0.4 is 0 Å². The number of carbonyl (C=O) groups is 1. The Kier molecular flexibility index (Phi) is 3.13. The third kappa shape index (κ3) is 2.30. The second-order valence-corrected chi connectivity index (χ2v) is 7.44. The first-order valence-corrected chi connectivity index (χ1v) is 7.22. The van der Waals surface area contributed by atoms with Gasteiger partial charge in [-0.1, -0.05) is 0 Å². The number of thioether (sulfide) groups is 1. The number of hydrogen-bond donors (Lipinski definition) is 0. The molecule has 0 spiro atoms. The molecule has 0 amide bonds. The zero-order valence-corrected chi connectivity index (χ0v) is 11.5. The highest BCUT2D eigenvalue weighted by atomic mass is 32.2. The highest BCUT2D eigenvalue weighted by Gasteiger charge is 2.50. The molecule has 16 heavy (non-hydrogen) atoms. The molecule has 0 saturated carbocycles. The Hall–Kier alpha value is -0.0200. The van der Waals surface area contributed by atoms with Crippen molar-refractivity contribution in [1.29, 1.82) is 0 Å². The van der Waals surface area contributed by atoms with Gasteiger partial charge in [0.1, 0.15) is 0 Å². The van der Waals surface area contributed by atoms with Crippen molar-refractivity contribution in [3.8, 4) is 0 Å². The molecular formula is C13H22O2S. The second-order valence-electron chi connectivity index (χ2n) is 6.13. The number of ketones is 1. The van der Waals surface area contributed by atoms with E-state index in [4.69, 9.17) is 4.74 Å². The van der Waals surface area contributed by atoms with Crippen molar-refractivity contribution in [2.75, 3.05) is 5.75 Å². The molecule has 0 N–H and O–H groups in total. The molecule has 92 valence electrons. The summed E-state index contributed by atoms with van der Waals surface area (Å²) in [4.78, 5) is 12.5. The van der Waals surface area contributed by atoms with E-state index >= 15 is 0 Å². The summed E-state index contributed by atoms with van der Waals surface area (Å²) in [5, 5.41) is 0.238. The summed E-state index contributed by atoms with van der Waals surface area (Å²) in [5.41, 5.74) is -0.434. The maximum atomic E-state index is 12.5. The number of Topliss-reactive ketones (excluding diaryl/α,β-unsaturated/α-hetero) is 1. The molecule has 2 fully saturated rings. The van der Waals surface area contributed by atoms with Gasteiger partial charge in [-0.2, -0.15) is 11.8 Å². The van der Waals surface area contributed by atoms with E-state index in [-0.39, 0.29) is 22.4 Å². The van der Waals surface area contributed by atoms with Crippen molar-refractivity contribution in [3.63, 3.8) is 0 Å². The van der Waals surface area contributed by atoms with E-state index in [1.165, 1.54) is 6.42 Å². The molecule has 2 aliphatic heterocycles. The van der Waals surface area contributed by atoms with Gasteiger partial charge in [0.2, 0.25) is 0 Å². The summed E-state index contributed by atoms with van der Waals surface area (Å²) in [6, 6.07) is 0. The molecule has 0 aromatic heterocycles. The molecule has 2 aliphatic rings. The Labute approximate surface area is 103 Å². The summed E-state index contributed by atoms with van der Waals surface area (Å²) in [5.74, 6) is 1.66. The van der Waals surface area contributed by atoms with Gasteiger partial charge in [0.05, 0.1) is 22.4 Å². The van der Waals surface area contributed by atoms with E-state index in [0.717, 1.165) is 18.6 Å². The molecule has 2 nitrogen and oxygen atoms in total. The van der Waals surface area contributed by atoms with Gasteiger partial charge in [0, 0.05) is 0 Å². The average Bonchev–Trinajstić information content (AvgIpc) is 2.69. The largest absolute Gasteiger partial charge is 0.369 e. The average molecular weight is 242 g/mol. The summed E-state index contributed by atoms with van der Waals surface area (Å²) in [7, 11) is 0. The minimum atomic E-state index is -0.288. The SMILES string of the molecule is CC1(C)CC(C(=O)C2CCCS2)C(C)(C)O1. The number of hydrogen-bond acceptors (Lipinski definition) is 3. The van der Waals surface area contributed by atoms with Crippen LogP contribution in [0.5, 0.6) is 0 Å². The van der Waals surface area contributed by atoms with Crippen molar-refractivity contribution < 1.29 is 9.53 Å². The van der Waals surface area contributed by atoms with Gasteiger partial charge in [-0.05, 0) is 52.7 Å². The molecule has 3 heteroatoms. The van der Waals surface area contributed by atoms with E-state index in [9.17, 15) is 4.79 Å². The van der Waals surface area contributed by atoms with Crippen LogP contribution in [0.4, 0.5) is 0 Å². The zero-order valence-electron chi connectivity index (χ0n) is 10.7. The van der Waals surface area contributed by atoms with Crippen LogP contribution in [0, 0.1) is 5.92 Å². The molecule has 0 radical (unpaired) electrons. The Morgan fingerprint density at radius 3 is 2.44 bits per heavy atom. The molecule has 2 atom stereocenters. The van der Waals surface area contributed by atoms with Crippen LogP contribution in [0.25, 0.3) is 0 Å². The van der Waals surface area contributed by atoms with Gasteiger partial charge in [-0.25, -0.2) is 0 Å². The van der Waals surface area contributed by atoms with Crippen molar-refractivity contribution >= 4 is 17.5 Å². The van der Waals surface area contributed by atoms with Crippen LogP contribution in [-0.2, 0) is 9.53 Å². The maximum absolute atomic E-state index is 12.5. The van der Waals surface area contributed by atoms with Crippen LogP contribution in [0.3, 0.4) is 0 Å². The molecule has 2 saturated heterocycles. The predicted octanol–water partition coefficient (Wildman–Crippen LogP) is 3.04. The van der Waals surface area contributed by atoms with Crippen LogP contribution in [0.15, 0.2) is 0 Å². The third-order valence-corrected chi connectivity index (χ3v) is 5.06. The first kappa shape index (κ1) is 12.4. The quantitative estimate of drug-likeness (QED) is 0.744. The van der Waals surface area contributed by atoms with E-state index in [2.05, 4.69) is 27.7 Å². The third-order valence-electron chi connectivity index (χ3n) is 3.66. The van der Waals surface area contributed by atoms with Gasteiger partial charge in [-0.3, -0.25) is 4.79 Å². The lowest BCUT2D eigenvalue weighted by molar-refractivity contribution is -0.128. The maximum Gasteiger partial charge on any atom is 0.151 e. The van der Waals surface area contributed by atoms with Gasteiger partial charge in [0.15, 0.2) is 5.78 Å². The Balaban J connectivity index is 2.11. The number of rotatable bonds is 2. The van der Waals surface area contributed by atoms with E-state index in [0.29, 0.717) is 5.78 Å². The lowest BCUT2D eigenvalue weighted by Gasteiger charge is -2.27. The Morgan fingerprint density at radius 1 is 1.31 bits per heavy atom. The van der Waals surface area contributed by atoms with Gasteiger partial charge in [-0.15, -0.1) is 0 Å². The zero-order chi connectivity index (χ0) is 12.0. The van der Waals surface area contributed by atoms with Gasteiger partial charge >= 0.3 is 0 Å². The Morgan fingerprint density at radius 2 is 2.00 bits per heavy atom. The van der Waals surface area contributed by atoms with Crippen molar-refractivity contribution in [2.45, 2.75) is 63.4 Å². The van der Waals surface area contributed by atoms with Crippen molar-refractivity contribution in [2.24, 2.45) is 5.92 Å². The van der Waals surface area contributed by atoms with Crippen LogP contribution in [0.2, 0.25) is 0 Å². The fourth-order valence-electron chi connectivity index (χ4n) is 3.03. The van der Waals surface area contributed by atoms with Gasteiger partial charge in [0.25, 0.3) is 0 Å². The summed E-state index contributed by atoms with van der Waals surface area (Å²) in [6.07, 6.45) is 3.13. The first-order chi connectivity index (χ1) is 7.32. The van der Waals surface area contributed by atoms with Crippen LogP contribution >= 0.6 is 11.8 Å². The number of carbonyl (C=O) groups excluding carboxylic acids is 1. The van der Waals surface area contributed by atoms with Crippen LogP contribution in [0.1, 0.15) is 47.0 Å². The minimum absolute atomic E-state index is 0.0816. The molecule has 2 unspecified atom stereocenters.